The molecule has 6 aliphatic heterocycles. The van der Waals surface area contributed by atoms with Crippen molar-refractivity contribution in [3.63, 3.8) is 0 Å². The third kappa shape index (κ3) is 9.70. The average molecular weight is 891 g/mol. The summed E-state index contributed by atoms with van der Waals surface area (Å²) in [4.78, 5) is 14.4. The van der Waals surface area contributed by atoms with E-state index in [1.807, 2.05) is 32.9 Å². The Balaban J connectivity index is 1.19. The first-order valence-corrected chi connectivity index (χ1v) is 23.3. The number of allylic oxidation sites excluding steroid dienone is 2. The van der Waals surface area contributed by atoms with E-state index in [1.54, 1.807) is 40.2 Å². The number of methoxy groups -OCH3 is 2. The van der Waals surface area contributed by atoms with Crippen molar-refractivity contribution < 1.29 is 72.6 Å². The largest absolute Gasteiger partial charge is 0.459 e. The Hall–Kier alpha value is -2.09. The molecule has 4 N–H and O–H groups in total. The molecule has 1 aliphatic carbocycles. The molecular formula is C48H74O15. The number of ether oxygens (including phenoxy) is 10. The smallest absolute Gasteiger partial charge is 0.316 e. The number of aliphatic hydroxyl groups excluding tert-OH is 3. The van der Waals surface area contributed by atoms with Gasteiger partial charge in [-0.2, -0.15) is 0 Å². The zero-order chi connectivity index (χ0) is 45.5. The van der Waals surface area contributed by atoms with Gasteiger partial charge in [0, 0.05) is 45.8 Å². The van der Waals surface area contributed by atoms with Crippen LogP contribution >= 0.6 is 0 Å². The molecule has 1 spiro atoms. The lowest BCUT2D eigenvalue weighted by Crippen LogP contribution is -2.64. The first kappa shape index (κ1) is 48.8. The van der Waals surface area contributed by atoms with Crippen molar-refractivity contribution in [3.05, 3.63) is 47.1 Å². The van der Waals surface area contributed by atoms with Gasteiger partial charge < -0.3 is 67.8 Å². The molecule has 356 valence electrons. The Morgan fingerprint density at radius 2 is 1.62 bits per heavy atom. The Labute approximate surface area is 373 Å². The molecule has 15 nitrogen and oxygen atoms in total. The van der Waals surface area contributed by atoms with Crippen LogP contribution in [0.5, 0.6) is 0 Å². The molecule has 2 bridgehead atoms. The minimum absolute atomic E-state index is 0.0121. The van der Waals surface area contributed by atoms with Crippen LogP contribution < -0.4 is 0 Å². The van der Waals surface area contributed by atoms with Gasteiger partial charge in [-0.3, -0.25) is 4.79 Å². The van der Waals surface area contributed by atoms with Gasteiger partial charge in [-0.15, -0.1) is 0 Å². The van der Waals surface area contributed by atoms with Crippen molar-refractivity contribution in [3.8, 4) is 0 Å². The molecule has 15 heteroatoms. The van der Waals surface area contributed by atoms with Crippen molar-refractivity contribution in [1.29, 1.82) is 0 Å². The lowest BCUT2D eigenvalue weighted by Gasteiger charge is -2.53. The van der Waals surface area contributed by atoms with Crippen LogP contribution in [-0.4, -0.2) is 151 Å². The number of hydrogen-bond acceptors (Lipinski definition) is 15. The van der Waals surface area contributed by atoms with Crippen LogP contribution in [0.3, 0.4) is 0 Å². The van der Waals surface area contributed by atoms with E-state index in [0.717, 1.165) is 18.4 Å². The fraction of sp³-hybridized carbons (Fsp3) is 0.812. The predicted octanol–water partition coefficient (Wildman–Crippen LogP) is 4.57. The van der Waals surface area contributed by atoms with E-state index < -0.39 is 109 Å². The van der Waals surface area contributed by atoms with Crippen LogP contribution in [0.15, 0.2) is 47.1 Å². The maximum absolute atomic E-state index is 14.4. The SMILES string of the molecule is CCC(C)C1OC2(CCC1C)OC1CC=C(C)C(OC3CC(OC)C(OC4CC(OC)C(O)C(C)O4)C(C)O3)C(C)C=CC=C3COC4C(O)C(C)=CC(C(=O)OC(C1)C2O)C34O. The summed E-state index contributed by atoms with van der Waals surface area (Å²) in [6.45, 7) is 15.9. The second-order valence-electron chi connectivity index (χ2n) is 19.4. The van der Waals surface area contributed by atoms with Crippen LogP contribution in [-0.2, 0) is 52.2 Å². The molecule has 0 aromatic heterocycles. The summed E-state index contributed by atoms with van der Waals surface area (Å²) < 4.78 is 63.4. The molecule has 21 unspecified atom stereocenters. The van der Waals surface area contributed by atoms with Crippen LogP contribution in [0, 0.1) is 23.7 Å². The minimum Gasteiger partial charge on any atom is -0.459 e. The second kappa shape index (κ2) is 20.0. The summed E-state index contributed by atoms with van der Waals surface area (Å²) in [6, 6.07) is 0. The standard InChI is InChI=1S/C48H74O15/c1-11-24(2)42-27(5)17-18-47(63-42)44(51)36-20-32(62-47)16-15-26(4)41(25(3)13-12-14-31-23-56-45-39(49)28(6)19-33(46(52)59-36)48(31,45)53)60-38-22-35(55-10)43(30(8)58-38)61-37-21-34(54-9)40(50)29(7)57-37/h12-15,19,24-25,27,29-30,32-45,49-51,53H,11,16-18,20-23H2,1-10H3. The van der Waals surface area contributed by atoms with Gasteiger partial charge in [-0.05, 0) is 69.1 Å². The molecule has 7 aliphatic rings. The van der Waals surface area contributed by atoms with Gasteiger partial charge in [0.1, 0.15) is 48.1 Å². The maximum atomic E-state index is 14.4. The van der Waals surface area contributed by atoms with E-state index in [0.29, 0.717) is 36.8 Å². The highest BCUT2D eigenvalue weighted by atomic mass is 16.7. The topological polar surface area (TPSA) is 190 Å². The molecule has 5 saturated heterocycles. The third-order valence-corrected chi connectivity index (χ3v) is 15.1. The molecular weight excluding hydrogens is 817 g/mol. The summed E-state index contributed by atoms with van der Waals surface area (Å²) in [7, 11) is 3.20. The third-order valence-electron chi connectivity index (χ3n) is 15.1. The molecule has 0 radical (unpaired) electrons. The fourth-order valence-electron chi connectivity index (χ4n) is 10.9. The lowest BCUT2D eigenvalue weighted by molar-refractivity contribution is -0.377. The second-order valence-corrected chi connectivity index (χ2v) is 19.4. The molecule has 0 aromatic carbocycles. The van der Waals surface area contributed by atoms with Gasteiger partial charge in [0.05, 0.1) is 49.3 Å². The number of hydrogen-bond donors (Lipinski definition) is 4. The molecule has 5 fully saturated rings. The molecule has 0 amide bonds. The van der Waals surface area contributed by atoms with E-state index >= 15 is 0 Å². The summed E-state index contributed by atoms with van der Waals surface area (Å²) in [5.41, 5.74) is -0.0972. The van der Waals surface area contributed by atoms with Crippen molar-refractivity contribution in [2.75, 3.05) is 20.8 Å². The first-order valence-electron chi connectivity index (χ1n) is 23.3. The van der Waals surface area contributed by atoms with E-state index in [9.17, 15) is 25.2 Å². The van der Waals surface area contributed by atoms with Crippen LogP contribution in [0.2, 0.25) is 0 Å². The van der Waals surface area contributed by atoms with Crippen LogP contribution in [0.4, 0.5) is 0 Å². The Morgan fingerprint density at radius 1 is 0.921 bits per heavy atom. The number of esters is 1. The maximum Gasteiger partial charge on any atom is 0.316 e. The minimum atomic E-state index is -1.91. The van der Waals surface area contributed by atoms with Crippen molar-refractivity contribution >= 4 is 5.97 Å². The highest BCUT2D eigenvalue weighted by Crippen LogP contribution is 2.48. The van der Waals surface area contributed by atoms with Gasteiger partial charge in [0.25, 0.3) is 0 Å². The van der Waals surface area contributed by atoms with Crippen LogP contribution in [0.1, 0.15) is 100 Å². The van der Waals surface area contributed by atoms with Gasteiger partial charge in [-0.1, -0.05) is 64.5 Å². The number of carbonyl (C=O) groups excluding carboxylic acids is 1. The fourth-order valence-corrected chi connectivity index (χ4v) is 10.9. The summed E-state index contributed by atoms with van der Waals surface area (Å²) >= 11 is 0. The quantitative estimate of drug-likeness (QED) is 0.196. The number of rotatable bonds is 8. The first-order chi connectivity index (χ1) is 29.9. The van der Waals surface area contributed by atoms with Crippen LogP contribution in [0.25, 0.3) is 0 Å². The van der Waals surface area contributed by atoms with Gasteiger partial charge in [0.2, 0.25) is 0 Å². The molecule has 6 heterocycles. The number of carbonyl (C=O) groups is 1. The molecule has 63 heavy (non-hydrogen) atoms. The van der Waals surface area contributed by atoms with Crippen molar-refractivity contribution in [2.45, 2.75) is 204 Å². The molecule has 7 rings (SSSR count). The van der Waals surface area contributed by atoms with Gasteiger partial charge in [0.15, 0.2) is 18.4 Å². The lowest BCUT2D eigenvalue weighted by atomic mass is 9.71. The number of aliphatic hydroxyl groups is 4. The Bertz CT molecular complexity index is 1710. The van der Waals surface area contributed by atoms with E-state index in [1.165, 1.54) is 0 Å². The predicted molar refractivity (Wildman–Crippen MR) is 229 cm³/mol. The molecule has 0 aromatic rings. The zero-order valence-corrected chi connectivity index (χ0v) is 38.8. The Kier molecular flexibility index (Phi) is 15.5. The highest BCUT2D eigenvalue weighted by Gasteiger charge is 2.61. The Morgan fingerprint density at radius 3 is 2.33 bits per heavy atom. The van der Waals surface area contributed by atoms with Gasteiger partial charge >= 0.3 is 5.97 Å². The summed E-state index contributed by atoms with van der Waals surface area (Å²) in [5, 5.41) is 46.4. The normalized spacial score (nSPS) is 47.8. The van der Waals surface area contributed by atoms with E-state index in [4.69, 9.17) is 47.4 Å². The molecule has 21 atom stereocenters. The number of fused-ring (bicyclic) bond motifs is 2. The molecule has 0 saturated carbocycles. The zero-order valence-electron chi connectivity index (χ0n) is 38.8. The monoisotopic (exact) mass is 891 g/mol. The van der Waals surface area contributed by atoms with E-state index in [-0.39, 0.29) is 36.9 Å². The summed E-state index contributed by atoms with van der Waals surface area (Å²) in [6.07, 6.45) is 2.46. The highest BCUT2D eigenvalue weighted by molar-refractivity contribution is 5.78. The van der Waals surface area contributed by atoms with Crippen molar-refractivity contribution in [1.82, 2.24) is 0 Å². The van der Waals surface area contributed by atoms with E-state index in [2.05, 4.69) is 26.8 Å². The summed E-state index contributed by atoms with van der Waals surface area (Å²) in [5.74, 6) is -3.16. The van der Waals surface area contributed by atoms with Crippen molar-refractivity contribution in [2.24, 2.45) is 23.7 Å². The average Bonchev–Trinajstić information content (AvgIpc) is 3.60. The van der Waals surface area contributed by atoms with Gasteiger partial charge in [-0.25, -0.2) is 0 Å².